The minimum atomic E-state index is -0.101. The van der Waals surface area contributed by atoms with Crippen molar-refractivity contribution >= 4 is 11.6 Å². The topological polar surface area (TPSA) is 51.7 Å². The van der Waals surface area contributed by atoms with E-state index in [2.05, 4.69) is 18.8 Å². The molecule has 25 heavy (non-hydrogen) atoms. The van der Waals surface area contributed by atoms with Crippen molar-refractivity contribution < 1.29 is 14.3 Å². The number of carbonyl (C=O) groups is 1. The van der Waals surface area contributed by atoms with Gasteiger partial charge in [-0.15, -0.1) is 0 Å². The van der Waals surface area contributed by atoms with Crippen LogP contribution in [0.25, 0.3) is 0 Å². The molecule has 0 atom stereocenters. The van der Waals surface area contributed by atoms with Crippen molar-refractivity contribution in [1.82, 2.24) is 4.98 Å². The van der Waals surface area contributed by atoms with Crippen LogP contribution >= 0.6 is 0 Å². The summed E-state index contributed by atoms with van der Waals surface area (Å²) in [5, 5.41) is 0. The molecule has 5 nitrogen and oxygen atoms in total. The van der Waals surface area contributed by atoms with Crippen molar-refractivity contribution in [3.05, 3.63) is 53.9 Å². The average molecular weight is 336 g/mol. The highest BCUT2D eigenvalue weighted by Gasteiger charge is 2.35. The Balaban J connectivity index is 1.60. The van der Waals surface area contributed by atoms with Crippen molar-refractivity contribution in [2.45, 2.75) is 32.6 Å². The maximum atomic E-state index is 12.0. The second-order valence-corrected chi connectivity index (χ2v) is 7.04. The number of hydrogen-bond acceptors (Lipinski definition) is 4. The van der Waals surface area contributed by atoms with Gasteiger partial charge in [-0.2, -0.15) is 0 Å². The zero-order valence-electron chi connectivity index (χ0n) is 14.6. The highest BCUT2D eigenvalue weighted by Crippen LogP contribution is 2.45. The number of anilines is 1. The van der Waals surface area contributed by atoms with Gasteiger partial charge in [-0.05, 0) is 25.1 Å². The SMILES string of the molecule is CC1=CCC(=O)N1c1ccc(Oc2cccc3c2C(C)(C)CO3)nc1. The second kappa shape index (κ2) is 5.62. The van der Waals surface area contributed by atoms with E-state index in [4.69, 9.17) is 9.47 Å². The van der Waals surface area contributed by atoms with E-state index >= 15 is 0 Å². The van der Waals surface area contributed by atoms with E-state index in [0.29, 0.717) is 18.9 Å². The van der Waals surface area contributed by atoms with Gasteiger partial charge < -0.3 is 9.47 Å². The standard InChI is InChI=1S/C20H20N2O3/c1-13-7-10-18(23)22(13)14-8-9-17(21-11-14)25-16-6-4-5-15-19(16)20(2,3)12-24-15/h4-9,11H,10,12H2,1-3H3. The summed E-state index contributed by atoms with van der Waals surface area (Å²) >= 11 is 0. The fourth-order valence-corrected chi connectivity index (χ4v) is 3.35. The minimum absolute atomic E-state index is 0.0627. The minimum Gasteiger partial charge on any atom is -0.492 e. The third-order valence-electron chi connectivity index (χ3n) is 4.62. The number of rotatable bonds is 3. The largest absolute Gasteiger partial charge is 0.492 e. The van der Waals surface area contributed by atoms with Crippen LogP contribution in [0.5, 0.6) is 17.4 Å². The molecule has 0 N–H and O–H groups in total. The van der Waals surface area contributed by atoms with E-state index < -0.39 is 0 Å². The normalized spacial score (nSPS) is 18.0. The molecule has 5 heteroatoms. The van der Waals surface area contributed by atoms with E-state index in [1.165, 1.54) is 0 Å². The summed E-state index contributed by atoms with van der Waals surface area (Å²) in [5.74, 6) is 2.18. The summed E-state index contributed by atoms with van der Waals surface area (Å²) < 4.78 is 11.8. The van der Waals surface area contributed by atoms with Gasteiger partial charge in [0.15, 0.2) is 0 Å². The number of ether oxygens (including phenoxy) is 2. The number of amides is 1. The molecule has 1 aromatic heterocycles. The van der Waals surface area contributed by atoms with Gasteiger partial charge in [0.1, 0.15) is 11.5 Å². The number of hydrogen-bond donors (Lipinski definition) is 0. The molecule has 0 bridgehead atoms. The molecule has 4 rings (SSSR count). The number of carbonyl (C=O) groups excluding carboxylic acids is 1. The Morgan fingerprint density at radius 2 is 2.08 bits per heavy atom. The van der Waals surface area contributed by atoms with Crippen LogP contribution in [0.3, 0.4) is 0 Å². The molecule has 2 aliphatic rings. The lowest BCUT2D eigenvalue weighted by Crippen LogP contribution is -2.23. The van der Waals surface area contributed by atoms with E-state index in [0.717, 1.165) is 28.4 Å². The molecule has 0 unspecified atom stereocenters. The number of benzene rings is 1. The maximum Gasteiger partial charge on any atom is 0.235 e. The summed E-state index contributed by atoms with van der Waals surface area (Å²) in [5.41, 5.74) is 2.65. The van der Waals surface area contributed by atoms with E-state index in [9.17, 15) is 4.79 Å². The van der Waals surface area contributed by atoms with Crippen molar-refractivity contribution in [3.8, 4) is 17.4 Å². The number of nitrogens with zero attached hydrogens (tertiary/aromatic N) is 2. The lowest BCUT2D eigenvalue weighted by molar-refractivity contribution is -0.116. The first-order valence-electron chi connectivity index (χ1n) is 8.36. The summed E-state index contributed by atoms with van der Waals surface area (Å²) in [6, 6.07) is 9.45. The predicted octanol–water partition coefficient (Wildman–Crippen LogP) is 4.18. The molecule has 128 valence electrons. The summed E-state index contributed by atoms with van der Waals surface area (Å²) in [4.78, 5) is 18.0. The Bertz CT molecular complexity index is 869. The monoisotopic (exact) mass is 336 g/mol. The predicted molar refractivity (Wildman–Crippen MR) is 95.1 cm³/mol. The van der Waals surface area contributed by atoms with Gasteiger partial charge in [0.25, 0.3) is 0 Å². The first kappa shape index (κ1) is 15.7. The van der Waals surface area contributed by atoms with Crippen LogP contribution in [-0.2, 0) is 10.2 Å². The molecule has 1 aromatic carbocycles. The van der Waals surface area contributed by atoms with Gasteiger partial charge in [0.05, 0.1) is 18.5 Å². The molecular weight excluding hydrogens is 316 g/mol. The summed E-state index contributed by atoms with van der Waals surface area (Å²) in [6.45, 7) is 6.83. The molecule has 2 aromatic rings. The van der Waals surface area contributed by atoms with E-state index in [-0.39, 0.29) is 11.3 Å². The van der Waals surface area contributed by atoms with Gasteiger partial charge in [-0.3, -0.25) is 9.69 Å². The highest BCUT2D eigenvalue weighted by molar-refractivity contribution is 5.99. The van der Waals surface area contributed by atoms with Crippen molar-refractivity contribution in [1.29, 1.82) is 0 Å². The Labute approximate surface area is 146 Å². The van der Waals surface area contributed by atoms with Crippen LogP contribution in [0.1, 0.15) is 32.8 Å². The van der Waals surface area contributed by atoms with Crippen LogP contribution in [0, 0.1) is 0 Å². The van der Waals surface area contributed by atoms with Crippen LogP contribution in [0.15, 0.2) is 48.3 Å². The zero-order chi connectivity index (χ0) is 17.6. The highest BCUT2D eigenvalue weighted by atomic mass is 16.5. The van der Waals surface area contributed by atoms with Gasteiger partial charge >= 0.3 is 0 Å². The summed E-state index contributed by atoms with van der Waals surface area (Å²) in [7, 11) is 0. The van der Waals surface area contributed by atoms with Crippen LogP contribution in [-0.4, -0.2) is 17.5 Å². The number of fused-ring (bicyclic) bond motifs is 1. The number of pyridine rings is 1. The first-order chi connectivity index (χ1) is 12.0. The lowest BCUT2D eigenvalue weighted by Gasteiger charge is -2.20. The number of aromatic nitrogens is 1. The Morgan fingerprint density at radius 3 is 2.76 bits per heavy atom. The molecule has 0 radical (unpaired) electrons. The Morgan fingerprint density at radius 1 is 1.24 bits per heavy atom. The molecule has 0 fully saturated rings. The average Bonchev–Trinajstić information content (AvgIpc) is 3.08. The van der Waals surface area contributed by atoms with Gasteiger partial charge in [-0.25, -0.2) is 4.98 Å². The van der Waals surface area contributed by atoms with Crippen LogP contribution in [0.2, 0.25) is 0 Å². The fraction of sp³-hybridized carbons (Fsp3) is 0.300. The molecular formula is C20H20N2O3. The van der Waals surface area contributed by atoms with Crippen molar-refractivity contribution in [3.63, 3.8) is 0 Å². The Kier molecular flexibility index (Phi) is 3.53. The second-order valence-electron chi connectivity index (χ2n) is 7.04. The van der Waals surface area contributed by atoms with E-state index in [1.807, 2.05) is 37.3 Å². The van der Waals surface area contributed by atoms with Crippen LogP contribution in [0.4, 0.5) is 5.69 Å². The number of allylic oxidation sites excluding steroid dienone is 1. The van der Waals surface area contributed by atoms with Gasteiger partial charge in [0.2, 0.25) is 11.8 Å². The van der Waals surface area contributed by atoms with E-state index in [1.54, 1.807) is 17.2 Å². The van der Waals surface area contributed by atoms with Crippen molar-refractivity contribution in [2.24, 2.45) is 0 Å². The first-order valence-corrected chi connectivity index (χ1v) is 8.36. The molecule has 0 saturated carbocycles. The van der Waals surface area contributed by atoms with Gasteiger partial charge in [0, 0.05) is 29.2 Å². The molecule has 0 aliphatic carbocycles. The molecule has 3 heterocycles. The zero-order valence-corrected chi connectivity index (χ0v) is 14.6. The smallest absolute Gasteiger partial charge is 0.235 e. The lowest BCUT2D eigenvalue weighted by atomic mass is 9.86. The molecule has 0 spiro atoms. The van der Waals surface area contributed by atoms with Gasteiger partial charge in [-0.1, -0.05) is 26.0 Å². The third-order valence-corrected chi connectivity index (χ3v) is 4.62. The third kappa shape index (κ3) is 2.65. The quantitative estimate of drug-likeness (QED) is 0.843. The molecule has 2 aliphatic heterocycles. The summed E-state index contributed by atoms with van der Waals surface area (Å²) in [6.07, 6.45) is 4.03. The fourth-order valence-electron chi connectivity index (χ4n) is 3.35. The molecule has 1 amide bonds. The molecule has 0 saturated heterocycles. The van der Waals surface area contributed by atoms with Crippen LogP contribution < -0.4 is 14.4 Å². The maximum absolute atomic E-state index is 12.0. The van der Waals surface area contributed by atoms with Crippen molar-refractivity contribution in [2.75, 3.05) is 11.5 Å². The Hall–Kier alpha value is -2.82.